The minimum absolute atomic E-state index is 0. The molecule has 0 aliphatic carbocycles. The molecule has 0 bridgehead atoms. The van der Waals surface area contributed by atoms with Crippen molar-refractivity contribution in [2.45, 2.75) is 19.4 Å². The lowest BCUT2D eigenvalue weighted by atomic mass is 10.0. The van der Waals surface area contributed by atoms with Gasteiger partial charge in [0.25, 0.3) is 0 Å². The Kier molecular flexibility index (Phi) is 8.55. The summed E-state index contributed by atoms with van der Waals surface area (Å²) in [7, 11) is 1.58. The molecule has 2 rings (SSSR count). The molecule has 1 saturated heterocycles. The van der Waals surface area contributed by atoms with E-state index in [1.807, 2.05) is 6.07 Å². The maximum absolute atomic E-state index is 6.10. The van der Waals surface area contributed by atoms with Crippen LogP contribution in [0, 0.1) is 0 Å². The zero-order valence-corrected chi connectivity index (χ0v) is 17.4. The van der Waals surface area contributed by atoms with Gasteiger partial charge in [-0.2, -0.15) is 0 Å². The summed E-state index contributed by atoms with van der Waals surface area (Å²) in [4.78, 5) is 6.84. The van der Waals surface area contributed by atoms with Crippen molar-refractivity contribution < 1.29 is 9.47 Å². The van der Waals surface area contributed by atoms with Crippen LogP contribution in [0.3, 0.4) is 0 Å². The van der Waals surface area contributed by atoms with Gasteiger partial charge in [-0.15, -0.1) is 24.0 Å². The summed E-state index contributed by atoms with van der Waals surface area (Å²) in [5.41, 5.74) is 6.70. The van der Waals surface area contributed by atoms with E-state index >= 15 is 0 Å². The third-order valence-corrected chi connectivity index (χ3v) is 4.22. The normalized spacial score (nSPS) is 16.4. The Hall–Kier alpha value is -0.770. The van der Waals surface area contributed by atoms with Crippen LogP contribution in [0.25, 0.3) is 0 Å². The molecule has 6 nitrogen and oxygen atoms in total. The van der Waals surface area contributed by atoms with E-state index in [9.17, 15) is 0 Å². The smallest absolute Gasteiger partial charge is 0.193 e. The third-order valence-electron chi connectivity index (χ3n) is 3.93. The second-order valence-corrected chi connectivity index (χ2v) is 6.49. The lowest BCUT2D eigenvalue weighted by molar-refractivity contribution is -0.00680. The predicted octanol–water partition coefficient (Wildman–Crippen LogP) is 2.80. The quantitative estimate of drug-likeness (QED) is 0.395. The van der Waals surface area contributed by atoms with E-state index in [4.69, 9.17) is 26.8 Å². The van der Waals surface area contributed by atoms with E-state index in [2.05, 4.69) is 29.1 Å². The number of nitrogens with two attached hydrogens (primary N) is 1. The number of ether oxygens (including phenoxy) is 2. The van der Waals surface area contributed by atoms with Crippen molar-refractivity contribution in [3.8, 4) is 5.75 Å². The molecule has 0 unspecified atom stereocenters. The van der Waals surface area contributed by atoms with Crippen LogP contribution in [0.4, 0.5) is 5.69 Å². The molecule has 24 heavy (non-hydrogen) atoms. The highest BCUT2D eigenvalue weighted by Gasteiger charge is 2.27. The summed E-state index contributed by atoms with van der Waals surface area (Å²) in [6.07, 6.45) is 0. The van der Waals surface area contributed by atoms with Crippen LogP contribution in [-0.4, -0.2) is 56.4 Å². The Labute approximate surface area is 165 Å². The van der Waals surface area contributed by atoms with Crippen molar-refractivity contribution in [3.05, 3.63) is 23.2 Å². The minimum atomic E-state index is -0.0619. The van der Waals surface area contributed by atoms with Crippen molar-refractivity contribution in [1.29, 1.82) is 0 Å². The summed E-state index contributed by atoms with van der Waals surface area (Å²) in [6.45, 7) is 8.32. The van der Waals surface area contributed by atoms with Gasteiger partial charge in [0.05, 0.1) is 31.9 Å². The van der Waals surface area contributed by atoms with Crippen LogP contribution in [-0.2, 0) is 4.74 Å². The predicted molar refractivity (Wildman–Crippen MR) is 110 cm³/mol. The van der Waals surface area contributed by atoms with E-state index in [1.54, 1.807) is 19.2 Å². The lowest BCUT2D eigenvalue weighted by Crippen LogP contribution is -2.51. The largest absolute Gasteiger partial charge is 0.495 e. The maximum Gasteiger partial charge on any atom is 0.193 e. The second kappa shape index (κ2) is 9.65. The van der Waals surface area contributed by atoms with Gasteiger partial charge in [-0.05, 0) is 32.0 Å². The van der Waals surface area contributed by atoms with Crippen LogP contribution in [0.2, 0.25) is 5.02 Å². The number of aliphatic imine (C=N–C) groups is 1. The third kappa shape index (κ3) is 5.94. The molecule has 0 aromatic heterocycles. The molecule has 0 radical (unpaired) electrons. The molecule has 1 heterocycles. The van der Waals surface area contributed by atoms with Crippen LogP contribution < -0.4 is 15.8 Å². The maximum atomic E-state index is 6.10. The number of anilines is 1. The second-order valence-electron chi connectivity index (χ2n) is 6.09. The molecule has 0 atom stereocenters. The summed E-state index contributed by atoms with van der Waals surface area (Å²) in [5.74, 6) is 0.994. The molecule has 1 aromatic rings. The highest BCUT2D eigenvalue weighted by Crippen LogP contribution is 2.27. The van der Waals surface area contributed by atoms with Crippen LogP contribution >= 0.6 is 35.6 Å². The van der Waals surface area contributed by atoms with E-state index in [0.29, 0.717) is 23.3 Å². The Morgan fingerprint density at radius 1 is 1.42 bits per heavy atom. The van der Waals surface area contributed by atoms with Crippen LogP contribution in [0.1, 0.15) is 13.8 Å². The van der Waals surface area contributed by atoms with Gasteiger partial charge in [0, 0.05) is 24.3 Å². The van der Waals surface area contributed by atoms with Gasteiger partial charge in [0.1, 0.15) is 5.75 Å². The molecule has 0 amide bonds. The Balaban J connectivity index is 0.00000288. The average Bonchev–Trinajstić information content (AvgIpc) is 2.54. The van der Waals surface area contributed by atoms with E-state index in [1.165, 1.54) is 0 Å². The first-order valence-electron chi connectivity index (χ1n) is 7.65. The number of hydrogen-bond acceptors (Lipinski definition) is 4. The van der Waals surface area contributed by atoms with Crippen molar-refractivity contribution in [2.75, 3.05) is 45.3 Å². The van der Waals surface area contributed by atoms with Gasteiger partial charge in [-0.25, -0.2) is 0 Å². The number of nitrogens with one attached hydrogen (secondary N) is 1. The number of benzene rings is 1. The number of nitrogens with zero attached hydrogens (tertiary/aromatic N) is 2. The fourth-order valence-electron chi connectivity index (χ4n) is 2.48. The Morgan fingerprint density at radius 3 is 2.67 bits per heavy atom. The minimum Gasteiger partial charge on any atom is -0.495 e. The highest BCUT2D eigenvalue weighted by molar-refractivity contribution is 14.0. The zero-order chi connectivity index (χ0) is 16.9. The molecule has 1 aromatic carbocycles. The summed E-state index contributed by atoms with van der Waals surface area (Å²) >= 11 is 6.10. The average molecular weight is 469 g/mol. The van der Waals surface area contributed by atoms with E-state index < -0.39 is 0 Å². The SMILES string of the molecule is COc1ccc(NC(N)=NCC(C)(C)N2CCOCC2)cc1Cl.I. The number of guanidine groups is 1. The number of halogens is 2. The number of methoxy groups -OCH3 is 1. The Morgan fingerprint density at radius 2 is 2.08 bits per heavy atom. The monoisotopic (exact) mass is 468 g/mol. The molecule has 0 saturated carbocycles. The van der Waals surface area contributed by atoms with Crippen molar-refractivity contribution >= 4 is 47.2 Å². The van der Waals surface area contributed by atoms with Crippen molar-refractivity contribution in [3.63, 3.8) is 0 Å². The molecular weight excluding hydrogens is 443 g/mol. The van der Waals surface area contributed by atoms with Gasteiger partial charge >= 0.3 is 0 Å². The summed E-state index contributed by atoms with van der Waals surface area (Å²) in [6, 6.07) is 5.39. The highest BCUT2D eigenvalue weighted by atomic mass is 127. The molecular formula is C16H26ClIN4O2. The number of rotatable bonds is 5. The molecule has 8 heteroatoms. The Bertz CT molecular complexity index is 563. The van der Waals surface area contributed by atoms with Gasteiger partial charge in [0.15, 0.2) is 5.96 Å². The first-order chi connectivity index (χ1) is 10.9. The standard InChI is InChI=1S/C16H25ClN4O2.HI/c1-16(2,21-6-8-23-9-7-21)11-19-15(18)20-12-4-5-14(22-3)13(17)10-12;/h4-5,10H,6-9,11H2,1-3H3,(H3,18,19,20);1H. The van der Waals surface area contributed by atoms with Crippen molar-refractivity contribution in [2.24, 2.45) is 10.7 Å². The number of hydrogen-bond donors (Lipinski definition) is 2. The fourth-order valence-corrected chi connectivity index (χ4v) is 2.74. The zero-order valence-electron chi connectivity index (χ0n) is 14.3. The van der Waals surface area contributed by atoms with Gasteiger partial charge in [-0.3, -0.25) is 9.89 Å². The molecule has 1 fully saturated rings. The molecule has 1 aliphatic heterocycles. The van der Waals surface area contributed by atoms with Gasteiger partial charge in [-0.1, -0.05) is 11.6 Å². The molecule has 136 valence electrons. The topological polar surface area (TPSA) is 72.1 Å². The summed E-state index contributed by atoms with van der Waals surface area (Å²) in [5, 5.41) is 3.58. The first-order valence-corrected chi connectivity index (χ1v) is 8.03. The lowest BCUT2D eigenvalue weighted by Gasteiger charge is -2.39. The molecule has 3 N–H and O–H groups in total. The van der Waals surface area contributed by atoms with Crippen molar-refractivity contribution in [1.82, 2.24) is 4.90 Å². The van der Waals surface area contributed by atoms with Gasteiger partial charge < -0.3 is 20.5 Å². The van der Waals surface area contributed by atoms with E-state index in [-0.39, 0.29) is 29.5 Å². The molecule has 1 aliphatic rings. The number of morpholine rings is 1. The van der Waals surface area contributed by atoms with E-state index in [0.717, 1.165) is 32.0 Å². The van der Waals surface area contributed by atoms with Crippen LogP contribution in [0.5, 0.6) is 5.75 Å². The van der Waals surface area contributed by atoms with Crippen LogP contribution in [0.15, 0.2) is 23.2 Å². The summed E-state index contributed by atoms with van der Waals surface area (Å²) < 4.78 is 10.5. The van der Waals surface area contributed by atoms with Gasteiger partial charge in [0.2, 0.25) is 0 Å². The molecule has 0 spiro atoms. The fraction of sp³-hybridized carbons (Fsp3) is 0.562. The first kappa shape index (κ1) is 21.3.